The van der Waals surface area contributed by atoms with Crippen LogP contribution in [-0.2, 0) is 21.4 Å². The Kier molecular flexibility index (Phi) is 5.17. The van der Waals surface area contributed by atoms with Crippen molar-refractivity contribution in [3.05, 3.63) is 41.6 Å². The molecule has 0 bridgehead atoms. The van der Waals surface area contributed by atoms with Gasteiger partial charge in [-0.3, -0.25) is 4.72 Å². The zero-order valence-electron chi connectivity index (χ0n) is 13.6. The van der Waals surface area contributed by atoms with Crippen LogP contribution in [0.4, 0.5) is 11.5 Å². The standard InChI is InChI=1S/C15H20N4O3S/c1-11-9-13(15(17-16-11)19(2)3)18-23(20,21)14-8-6-5-7-12(14)10-22-4/h5-9H,10H2,1-4H3,(H,16,18). The van der Waals surface area contributed by atoms with Gasteiger partial charge in [-0.25, -0.2) is 8.42 Å². The van der Waals surface area contributed by atoms with Crippen molar-refractivity contribution < 1.29 is 13.2 Å². The lowest BCUT2D eigenvalue weighted by atomic mass is 10.2. The molecule has 124 valence electrons. The van der Waals surface area contributed by atoms with Crippen LogP contribution < -0.4 is 9.62 Å². The van der Waals surface area contributed by atoms with Gasteiger partial charge in [-0.2, -0.15) is 5.10 Å². The normalized spacial score (nSPS) is 11.3. The first-order valence-corrected chi connectivity index (χ1v) is 8.45. The molecule has 0 amide bonds. The lowest BCUT2D eigenvalue weighted by Gasteiger charge is -2.17. The van der Waals surface area contributed by atoms with Gasteiger partial charge in [0.25, 0.3) is 10.0 Å². The Morgan fingerprint density at radius 3 is 2.57 bits per heavy atom. The molecule has 2 rings (SSSR count). The number of hydrogen-bond acceptors (Lipinski definition) is 6. The minimum absolute atomic E-state index is 0.182. The number of ether oxygens (including phenoxy) is 1. The SMILES string of the molecule is COCc1ccccc1S(=O)(=O)Nc1cc(C)nnc1N(C)C. The molecule has 23 heavy (non-hydrogen) atoms. The number of sulfonamides is 1. The number of aromatic nitrogens is 2. The third kappa shape index (κ3) is 3.96. The second-order valence-electron chi connectivity index (χ2n) is 5.26. The van der Waals surface area contributed by atoms with E-state index in [0.717, 1.165) is 0 Å². The first kappa shape index (κ1) is 17.2. The van der Waals surface area contributed by atoms with Gasteiger partial charge in [0.1, 0.15) is 0 Å². The molecule has 0 saturated carbocycles. The quantitative estimate of drug-likeness (QED) is 0.866. The van der Waals surface area contributed by atoms with Crippen LogP contribution in [0.2, 0.25) is 0 Å². The molecule has 1 N–H and O–H groups in total. The van der Waals surface area contributed by atoms with Crippen molar-refractivity contribution in [3.63, 3.8) is 0 Å². The summed E-state index contributed by atoms with van der Waals surface area (Å²) in [6.45, 7) is 1.97. The Hall–Kier alpha value is -2.19. The average Bonchev–Trinajstić information content (AvgIpc) is 2.47. The van der Waals surface area contributed by atoms with Crippen LogP contribution in [0.25, 0.3) is 0 Å². The summed E-state index contributed by atoms with van der Waals surface area (Å²) in [6, 6.07) is 8.38. The molecule has 2 aromatic rings. The molecule has 0 spiro atoms. The van der Waals surface area contributed by atoms with E-state index in [1.165, 1.54) is 7.11 Å². The summed E-state index contributed by atoms with van der Waals surface area (Å²) in [5.41, 5.74) is 1.60. The molecule has 0 radical (unpaired) electrons. The van der Waals surface area contributed by atoms with Crippen LogP contribution in [-0.4, -0.2) is 39.8 Å². The second kappa shape index (κ2) is 6.93. The average molecular weight is 336 g/mol. The summed E-state index contributed by atoms with van der Waals surface area (Å²) in [5.74, 6) is 0.448. The van der Waals surface area contributed by atoms with E-state index in [2.05, 4.69) is 14.9 Å². The van der Waals surface area contributed by atoms with Gasteiger partial charge >= 0.3 is 0 Å². The lowest BCUT2D eigenvalue weighted by molar-refractivity contribution is 0.182. The van der Waals surface area contributed by atoms with Crippen molar-refractivity contribution in [2.24, 2.45) is 0 Å². The number of hydrogen-bond donors (Lipinski definition) is 1. The van der Waals surface area contributed by atoms with Crippen molar-refractivity contribution in [1.29, 1.82) is 0 Å². The summed E-state index contributed by atoms with van der Waals surface area (Å²) in [5, 5.41) is 8.00. The molecule has 7 nitrogen and oxygen atoms in total. The van der Waals surface area contributed by atoms with Gasteiger partial charge in [-0.15, -0.1) is 5.10 Å². The van der Waals surface area contributed by atoms with E-state index in [-0.39, 0.29) is 11.5 Å². The Morgan fingerprint density at radius 2 is 1.91 bits per heavy atom. The smallest absolute Gasteiger partial charge is 0.262 e. The lowest BCUT2D eigenvalue weighted by Crippen LogP contribution is -2.20. The van der Waals surface area contributed by atoms with Gasteiger partial charge in [0.15, 0.2) is 5.82 Å². The molecule has 0 aliphatic heterocycles. The van der Waals surface area contributed by atoms with Gasteiger partial charge in [0, 0.05) is 21.2 Å². The molecule has 1 heterocycles. The largest absolute Gasteiger partial charge is 0.380 e. The van der Waals surface area contributed by atoms with Gasteiger partial charge in [0.05, 0.1) is 22.9 Å². The van der Waals surface area contributed by atoms with E-state index in [1.54, 1.807) is 56.3 Å². The number of methoxy groups -OCH3 is 1. The Morgan fingerprint density at radius 1 is 1.22 bits per heavy atom. The highest BCUT2D eigenvalue weighted by Crippen LogP contribution is 2.26. The van der Waals surface area contributed by atoms with Crippen molar-refractivity contribution in [3.8, 4) is 0 Å². The van der Waals surface area contributed by atoms with Crippen molar-refractivity contribution in [1.82, 2.24) is 10.2 Å². The predicted molar refractivity (Wildman–Crippen MR) is 89.1 cm³/mol. The van der Waals surface area contributed by atoms with E-state index < -0.39 is 10.0 Å². The summed E-state index contributed by atoms with van der Waals surface area (Å²) >= 11 is 0. The highest BCUT2D eigenvalue weighted by atomic mass is 32.2. The van der Waals surface area contributed by atoms with Gasteiger partial charge in [0.2, 0.25) is 0 Å². The molecule has 0 atom stereocenters. The van der Waals surface area contributed by atoms with E-state index in [4.69, 9.17) is 4.74 Å². The maximum Gasteiger partial charge on any atom is 0.262 e. The summed E-state index contributed by atoms with van der Waals surface area (Å²) < 4.78 is 33.2. The van der Waals surface area contributed by atoms with Gasteiger partial charge in [-0.05, 0) is 24.6 Å². The Labute approximate surface area is 136 Å². The number of benzene rings is 1. The number of aryl methyl sites for hydroxylation is 1. The minimum atomic E-state index is -3.76. The molecule has 0 aliphatic carbocycles. The number of anilines is 2. The van der Waals surface area contributed by atoms with Crippen LogP contribution in [0.15, 0.2) is 35.2 Å². The first-order valence-electron chi connectivity index (χ1n) is 6.96. The van der Waals surface area contributed by atoms with Crippen molar-refractivity contribution >= 4 is 21.5 Å². The maximum absolute atomic E-state index is 12.7. The topological polar surface area (TPSA) is 84.4 Å². The predicted octanol–water partition coefficient (Wildman–Crippen LogP) is 1.80. The Balaban J connectivity index is 2.45. The summed E-state index contributed by atoms with van der Waals surface area (Å²) in [6.07, 6.45) is 0. The monoisotopic (exact) mass is 336 g/mol. The minimum Gasteiger partial charge on any atom is -0.380 e. The molecule has 1 aromatic carbocycles. The molecule has 8 heteroatoms. The molecular weight excluding hydrogens is 316 g/mol. The fourth-order valence-corrected chi connectivity index (χ4v) is 3.41. The van der Waals surface area contributed by atoms with Crippen LogP contribution in [0.3, 0.4) is 0 Å². The molecule has 0 unspecified atom stereocenters. The summed E-state index contributed by atoms with van der Waals surface area (Å²) in [7, 11) is 1.31. The van der Waals surface area contributed by atoms with Crippen LogP contribution in [0.5, 0.6) is 0 Å². The number of nitrogens with one attached hydrogen (secondary N) is 1. The van der Waals surface area contributed by atoms with Gasteiger partial charge in [-0.1, -0.05) is 18.2 Å². The highest BCUT2D eigenvalue weighted by Gasteiger charge is 2.21. The van der Waals surface area contributed by atoms with E-state index >= 15 is 0 Å². The van der Waals surface area contributed by atoms with E-state index in [1.807, 2.05) is 0 Å². The fraction of sp³-hybridized carbons (Fsp3) is 0.333. The fourth-order valence-electron chi connectivity index (χ4n) is 2.13. The second-order valence-corrected chi connectivity index (χ2v) is 6.91. The molecule has 0 aliphatic rings. The van der Waals surface area contributed by atoms with E-state index in [9.17, 15) is 8.42 Å². The Bertz CT molecular complexity index is 791. The third-order valence-electron chi connectivity index (χ3n) is 3.13. The zero-order valence-corrected chi connectivity index (χ0v) is 14.4. The summed E-state index contributed by atoms with van der Waals surface area (Å²) in [4.78, 5) is 1.88. The third-order valence-corrected chi connectivity index (χ3v) is 4.59. The zero-order chi connectivity index (χ0) is 17.0. The maximum atomic E-state index is 12.7. The van der Waals surface area contributed by atoms with Crippen LogP contribution in [0, 0.1) is 6.92 Å². The van der Waals surface area contributed by atoms with Crippen LogP contribution >= 0.6 is 0 Å². The molecule has 0 fully saturated rings. The number of rotatable bonds is 6. The van der Waals surface area contributed by atoms with Crippen molar-refractivity contribution in [2.75, 3.05) is 30.8 Å². The molecular formula is C15H20N4O3S. The van der Waals surface area contributed by atoms with Gasteiger partial charge < -0.3 is 9.64 Å². The first-order chi connectivity index (χ1) is 10.8. The van der Waals surface area contributed by atoms with Crippen molar-refractivity contribution in [2.45, 2.75) is 18.4 Å². The molecule has 1 aromatic heterocycles. The van der Waals surface area contributed by atoms with E-state index in [0.29, 0.717) is 22.8 Å². The van der Waals surface area contributed by atoms with Crippen LogP contribution in [0.1, 0.15) is 11.3 Å². The highest BCUT2D eigenvalue weighted by molar-refractivity contribution is 7.92. The molecule has 0 saturated heterocycles. The number of nitrogens with zero attached hydrogens (tertiary/aromatic N) is 3.